The van der Waals surface area contributed by atoms with Gasteiger partial charge in [0.1, 0.15) is 0 Å². The third-order valence-corrected chi connectivity index (χ3v) is 5.83. The highest BCUT2D eigenvalue weighted by Crippen LogP contribution is 2.51. The number of ether oxygens (including phenoxy) is 1. The van der Waals surface area contributed by atoms with Crippen molar-refractivity contribution in [3.8, 4) is 0 Å². The normalized spacial score (nSPS) is 25.6. The van der Waals surface area contributed by atoms with Crippen molar-refractivity contribution in [2.24, 2.45) is 10.4 Å². The molecule has 2 aliphatic rings. The van der Waals surface area contributed by atoms with Crippen molar-refractivity contribution >= 4 is 11.7 Å². The van der Waals surface area contributed by atoms with E-state index in [2.05, 4.69) is 48.5 Å². The molecule has 1 saturated carbocycles. The molecule has 2 bridgehead atoms. The summed E-state index contributed by atoms with van der Waals surface area (Å²) in [6.45, 7) is 3.04. The summed E-state index contributed by atoms with van der Waals surface area (Å²) >= 11 is 0. The zero-order valence-corrected chi connectivity index (χ0v) is 15.3. The van der Waals surface area contributed by atoms with Crippen LogP contribution in [-0.4, -0.2) is 18.3 Å². The molecule has 2 aromatic rings. The molecule has 0 saturated heterocycles. The van der Waals surface area contributed by atoms with Crippen molar-refractivity contribution in [1.29, 1.82) is 0 Å². The Morgan fingerprint density at radius 1 is 1.15 bits per heavy atom. The summed E-state index contributed by atoms with van der Waals surface area (Å²) in [7, 11) is 0. The molecule has 0 aromatic heterocycles. The SMILES string of the molecule is CCOC(=O)C12CCC(=NCc3ccccc3)C(C1)c1ccccc1C2. The summed E-state index contributed by atoms with van der Waals surface area (Å²) in [5, 5.41) is 0. The van der Waals surface area contributed by atoms with E-state index in [1.54, 1.807) is 0 Å². The molecule has 0 radical (unpaired) electrons. The Kier molecular flexibility index (Phi) is 4.62. The standard InChI is InChI=1S/C23H25NO2/c1-2-26-22(25)23-13-12-21(24-16-17-8-4-3-5-9-17)20(15-23)19-11-7-6-10-18(19)14-23/h3-11,20H,2,12-16H2,1H3. The largest absolute Gasteiger partial charge is 0.466 e. The van der Waals surface area contributed by atoms with E-state index in [0.29, 0.717) is 13.2 Å². The molecule has 1 fully saturated rings. The van der Waals surface area contributed by atoms with Crippen LogP contribution in [0.15, 0.2) is 59.6 Å². The van der Waals surface area contributed by atoms with E-state index in [1.165, 1.54) is 22.4 Å². The van der Waals surface area contributed by atoms with Crippen LogP contribution in [0, 0.1) is 5.41 Å². The van der Waals surface area contributed by atoms with Crippen LogP contribution in [0.2, 0.25) is 0 Å². The van der Waals surface area contributed by atoms with E-state index < -0.39 is 0 Å². The molecule has 0 amide bonds. The number of nitrogens with zero attached hydrogens (tertiary/aromatic N) is 1. The molecule has 2 aliphatic carbocycles. The van der Waals surface area contributed by atoms with Gasteiger partial charge in [0.15, 0.2) is 0 Å². The third-order valence-electron chi connectivity index (χ3n) is 5.83. The Morgan fingerprint density at radius 3 is 2.73 bits per heavy atom. The predicted molar refractivity (Wildman–Crippen MR) is 103 cm³/mol. The highest BCUT2D eigenvalue weighted by molar-refractivity contribution is 5.95. The molecular weight excluding hydrogens is 322 g/mol. The Balaban J connectivity index is 1.67. The van der Waals surface area contributed by atoms with Crippen molar-refractivity contribution < 1.29 is 9.53 Å². The molecule has 0 heterocycles. The highest BCUT2D eigenvalue weighted by atomic mass is 16.5. The first-order valence-electron chi connectivity index (χ1n) is 9.54. The molecule has 26 heavy (non-hydrogen) atoms. The van der Waals surface area contributed by atoms with E-state index in [9.17, 15) is 4.79 Å². The van der Waals surface area contributed by atoms with E-state index >= 15 is 0 Å². The van der Waals surface area contributed by atoms with Gasteiger partial charge in [-0.15, -0.1) is 0 Å². The molecule has 0 N–H and O–H groups in total. The minimum absolute atomic E-state index is 0.0263. The summed E-state index contributed by atoms with van der Waals surface area (Å²) in [6, 6.07) is 18.9. The summed E-state index contributed by atoms with van der Waals surface area (Å²) in [6.07, 6.45) is 3.34. The lowest BCUT2D eigenvalue weighted by molar-refractivity contribution is -0.157. The van der Waals surface area contributed by atoms with E-state index in [1.807, 2.05) is 13.0 Å². The van der Waals surface area contributed by atoms with Crippen molar-refractivity contribution in [2.75, 3.05) is 6.61 Å². The second-order valence-electron chi connectivity index (χ2n) is 7.43. The monoisotopic (exact) mass is 347 g/mol. The van der Waals surface area contributed by atoms with Gasteiger partial charge in [-0.25, -0.2) is 0 Å². The topological polar surface area (TPSA) is 38.7 Å². The molecule has 4 rings (SSSR count). The smallest absolute Gasteiger partial charge is 0.312 e. The van der Waals surface area contributed by atoms with Gasteiger partial charge >= 0.3 is 5.97 Å². The van der Waals surface area contributed by atoms with Crippen LogP contribution in [0.1, 0.15) is 48.8 Å². The fourth-order valence-electron chi connectivity index (χ4n) is 4.51. The van der Waals surface area contributed by atoms with Crippen molar-refractivity contribution in [2.45, 2.75) is 45.1 Å². The average Bonchev–Trinajstić information content (AvgIpc) is 2.68. The zero-order chi connectivity index (χ0) is 18.0. The van der Waals surface area contributed by atoms with Crippen molar-refractivity contribution in [1.82, 2.24) is 0 Å². The fourth-order valence-corrected chi connectivity index (χ4v) is 4.51. The summed E-state index contributed by atoms with van der Waals surface area (Å²) in [5.74, 6) is 0.212. The van der Waals surface area contributed by atoms with Gasteiger partial charge in [-0.05, 0) is 49.3 Å². The first-order valence-corrected chi connectivity index (χ1v) is 9.54. The average molecular weight is 347 g/mol. The van der Waals surface area contributed by atoms with Gasteiger partial charge in [-0.1, -0.05) is 54.6 Å². The van der Waals surface area contributed by atoms with E-state index in [0.717, 1.165) is 25.7 Å². The second-order valence-corrected chi connectivity index (χ2v) is 7.43. The zero-order valence-electron chi connectivity index (χ0n) is 15.3. The Hall–Kier alpha value is -2.42. The third kappa shape index (κ3) is 3.07. The van der Waals surface area contributed by atoms with Crippen LogP contribution in [-0.2, 0) is 22.5 Å². The number of hydrogen-bond donors (Lipinski definition) is 0. The molecule has 3 heteroatoms. The quantitative estimate of drug-likeness (QED) is 0.752. The number of esters is 1. The van der Waals surface area contributed by atoms with Crippen LogP contribution in [0.5, 0.6) is 0 Å². The Bertz CT molecular complexity index is 827. The molecule has 2 unspecified atom stereocenters. The maximum Gasteiger partial charge on any atom is 0.312 e. The number of hydrogen-bond acceptors (Lipinski definition) is 3. The van der Waals surface area contributed by atoms with E-state index in [4.69, 9.17) is 9.73 Å². The van der Waals surface area contributed by atoms with Gasteiger partial charge in [-0.2, -0.15) is 0 Å². The van der Waals surface area contributed by atoms with Crippen LogP contribution in [0.3, 0.4) is 0 Å². The maximum absolute atomic E-state index is 12.8. The molecule has 0 aliphatic heterocycles. The molecular formula is C23H25NO2. The van der Waals surface area contributed by atoms with Crippen LogP contribution >= 0.6 is 0 Å². The number of aliphatic imine (C=N–C) groups is 1. The molecule has 0 spiro atoms. The predicted octanol–water partition coefficient (Wildman–Crippen LogP) is 4.70. The van der Waals surface area contributed by atoms with Crippen molar-refractivity contribution in [3.05, 3.63) is 71.3 Å². The van der Waals surface area contributed by atoms with Crippen molar-refractivity contribution in [3.63, 3.8) is 0 Å². The van der Waals surface area contributed by atoms with Gasteiger partial charge in [0.2, 0.25) is 0 Å². The fraction of sp³-hybridized carbons (Fsp3) is 0.391. The summed E-state index contributed by atoms with van der Waals surface area (Å²) in [5.41, 5.74) is 4.72. The molecule has 2 aromatic carbocycles. The van der Waals surface area contributed by atoms with Gasteiger partial charge in [-0.3, -0.25) is 9.79 Å². The van der Waals surface area contributed by atoms with Gasteiger partial charge in [0, 0.05) is 11.6 Å². The first kappa shape index (κ1) is 17.0. The lowest BCUT2D eigenvalue weighted by Crippen LogP contribution is -2.45. The number of carbonyl (C=O) groups is 1. The maximum atomic E-state index is 12.8. The van der Waals surface area contributed by atoms with Gasteiger partial charge < -0.3 is 4.74 Å². The van der Waals surface area contributed by atoms with Gasteiger partial charge in [0.25, 0.3) is 0 Å². The molecule has 134 valence electrons. The van der Waals surface area contributed by atoms with Crippen LogP contribution in [0.25, 0.3) is 0 Å². The lowest BCUT2D eigenvalue weighted by atomic mass is 9.59. The summed E-state index contributed by atoms with van der Waals surface area (Å²) in [4.78, 5) is 17.7. The number of carbonyl (C=O) groups excluding carboxylic acids is 1. The summed E-state index contributed by atoms with van der Waals surface area (Å²) < 4.78 is 5.46. The van der Waals surface area contributed by atoms with E-state index in [-0.39, 0.29) is 17.3 Å². The Labute approximate surface area is 155 Å². The van der Waals surface area contributed by atoms with Crippen LogP contribution < -0.4 is 0 Å². The number of fused-ring (bicyclic) bond motifs is 4. The van der Waals surface area contributed by atoms with Gasteiger partial charge in [0.05, 0.1) is 18.6 Å². The molecule has 2 atom stereocenters. The first-order chi connectivity index (χ1) is 12.7. The van der Waals surface area contributed by atoms with Crippen LogP contribution in [0.4, 0.5) is 0 Å². The molecule has 3 nitrogen and oxygen atoms in total. The number of rotatable bonds is 4. The second kappa shape index (κ2) is 7.06. The minimum atomic E-state index is -0.374. The number of benzene rings is 2. The lowest BCUT2D eigenvalue weighted by Gasteiger charge is -2.44. The highest BCUT2D eigenvalue weighted by Gasteiger charge is 2.49. The minimum Gasteiger partial charge on any atom is -0.466 e. The Morgan fingerprint density at radius 2 is 1.92 bits per heavy atom.